The van der Waals surface area contributed by atoms with E-state index in [-0.39, 0.29) is 11.9 Å². The number of piperidine rings is 1. The molecule has 0 spiro atoms. The number of carbonyl (C=O) groups excluding carboxylic acids is 1. The van der Waals surface area contributed by atoms with Crippen molar-refractivity contribution >= 4 is 22.4 Å². The lowest BCUT2D eigenvalue weighted by atomic mass is 9.97. The molecule has 2 heterocycles. The van der Waals surface area contributed by atoms with Gasteiger partial charge < -0.3 is 10.5 Å². The van der Waals surface area contributed by atoms with Crippen molar-refractivity contribution in [3.05, 3.63) is 11.1 Å². The summed E-state index contributed by atoms with van der Waals surface area (Å²) in [5.41, 5.74) is 5.61. The van der Waals surface area contributed by atoms with Gasteiger partial charge in [0.25, 0.3) is 0 Å². The van der Waals surface area contributed by atoms with Gasteiger partial charge >= 0.3 is 5.97 Å². The topological polar surface area (TPSA) is 68.5 Å². The Morgan fingerprint density at radius 1 is 1.61 bits per heavy atom. The SMILES string of the molecule is CCOC(=O)C1CCN(Cc2cnc(N)s2)CC1. The number of esters is 1. The highest BCUT2D eigenvalue weighted by Gasteiger charge is 2.26. The summed E-state index contributed by atoms with van der Waals surface area (Å²) in [6.07, 6.45) is 3.59. The van der Waals surface area contributed by atoms with Gasteiger partial charge in [-0.2, -0.15) is 0 Å². The van der Waals surface area contributed by atoms with E-state index in [9.17, 15) is 4.79 Å². The van der Waals surface area contributed by atoms with Crippen molar-refractivity contribution in [1.82, 2.24) is 9.88 Å². The summed E-state index contributed by atoms with van der Waals surface area (Å²) in [5, 5.41) is 0.617. The van der Waals surface area contributed by atoms with Crippen molar-refractivity contribution in [2.75, 3.05) is 25.4 Å². The van der Waals surface area contributed by atoms with Gasteiger partial charge in [0.1, 0.15) is 0 Å². The lowest BCUT2D eigenvalue weighted by Crippen LogP contribution is -2.36. The minimum absolute atomic E-state index is 0.0424. The van der Waals surface area contributed by atoms with Crippen LogP contribution in [0.1, 0.15) is 24.6 Å². The van der Waals surface area contributed by atoms with E-state index in [1.54, 1.807) is 0 Å². The van der Waals surface area contributed by atoms with Crippen LogP contribution in [-0.4, -0.2) is 35.5 Å². The predicted octanol–water partition coefficient (Wildman–Crippen LogP) is 1.50. The van der Waals surface area contributed by atoms with Crippen LogP contribution in [0.4, 0.5) is 5.13 Å². The van der Waals surface area contributed by atoms with E-state index in [4.69, 9.17) is 10.5 Å². The summed E-state index contributed by atoms with van der Waals surface area (Å²) < 4.78 is 5.06. The molecular weight excluding hydrogens is 250 g/mol. The maximum atomic E-state index is 11.6. The molecule has 1 aromatic rings. The average molecular weight is 269 g/mol. The number of hydrogen-bond donors (Lipinski definition) is 1. The van der Waals surface area contributed by atoms with Gasteiger partial charge in [-0.25, -0.2) is 4.98 Å². The Balaban J connectivity index is 1.78. The van der Waals surface area contributed by atoms with Crippen LogP contribution in [0, 0.1) is 5.92 Å². The second kappa shape index (κ2) is 6.15. The Morgan fingerprint density at radius 3 is 2.89 bits per heavy atom. The molecule has 1 aliphatic heterocycles. The van der Waals surface area contributed by atoms with Crippen LogP contribution in [0.5, 0.6) is 0 Å². The molecule has 1 saturated heterocycles. The summed E-state index contributed by atoms with van der Waals surface area (Å²) in [5.74, 6) is 0.0342. The van der Waals surface area contributed by atoms with Crippen molar-refractivity contribution in [3.63, 3.8) is 0 Å². The maximum Gasteiger partial charge on any atom is 0.309 e. The van der Waals surface area contributed by atoms with Gasteiger partial charge in [0.05, 0.1) is 12.5 Å². The van der Waals surface area contributed by atoms with Gasteiger partial charge in [0.15, 0.2) is 5.13 Å². The van der Waals surface area contributed by atoms with Gasteiger partial charge in [-0.3, -0.25) is 9.69 Å². The van der Waals surface area contributed by atoms with Crippen LogP contribution in [-0.2, 0) is 16.1 Å². The molecule has 0 aromatic carbocycles. The largest absolute Gasteiger partial charge is 0.466 e. The van der Waals surface area contributed by atoms with Gasteiger partial charge in [-0.05, 0) is 32.9 Å². The number of aromatic nitrogens is 1. The molecule has 1 aliphatic rings. The van der Waals surface area contributed by atoms with E-state index < -0.39 is 0 Å². The monoisotopic (exact) mass is 269 g/mol. The summed E-state index contributed by atoms with van der Waals surface area (Å²) in [7, 11) is 0. The van der Waals surface area contributed by atoms with E-state index in [1.807, 2.05) is 13.1 Å². The second-order valence-corrected chi connectivity index (χ2v) is 5.61. The smallest absolute Gasteiger partial charge is 0.309 e. The van der Waals surface area contributed by atoms with Crippen molar-refractivity contribution < 1.29 is 9.53 Å². The van der Waals surface area contributed by atoms with Gasteiger partial charge in [-0.15, -0.1) is 11.3 Å². The number of likely N-dealkylation sites (tertiary alicyclic amines) is 1. The molecule has 0 amide bonds. The molecule has 0 bridgehead atoms. The van der Waals surface area contributed by atoms with Crippen molar-refractivity contribution in [1.29, 1.82) is 0 Å². The number of thiazole rings is 1. The summed E-state index contributed by atoms with van der Waals surface area (Å²) >= 11 is 1.53. The van der Waals surface area contributed by atoms with E-state index in [2.05, 4.69) is 9.88 Å². The highest BCUT2D eigenvalue weighted by Crippen LogP contribution is 2.22. The Bertz CT molecular complexity index is 400. The Morgan fingerprint density at radius 2 is 2.33 bits per heavy atom. The fraction of sp³-hybridized carbons (Fsp3) is 0.667. The molecule has 18 heavy (non-hydrogen) atoms. The molecule has 5 nitrogen and oxygen atoms in total. The molecule has 0 radical (unpaired) electrons. The van der Waals surface area contributed by atoms with Gasteiger partial charge in [0.2, 0.25) is 0 Å². The summed E-state index contributed by atoms with van der Waals surface area (Å²) in [6, 6.07) is 0. The second-order valence-electron chi connectivity index (χ2n) is 4.47. The third kappa shape index (κ3) is 3.43. The zero-order chi connectivity index (χ0) is 13.0. The van der Waals surface area contributed by atoms with Crippen LogP contribution >= 0.6 is 11.3 Å². The normalized spacial score (nSPS) is 17.8. The highest BCUT2D eigenvalue weighted by molar-refractivity contribution is 7.15. The molecule has 1 fully saturated rings. The van der Waals surface area contributed by atoms with Crippen molar-refractivity contribution in [2.24, 2.45) is 5.92 Å². The van der Waals surface area contributed by atoms with Gasteiger partial charge in [0, 0.05) is 17.6 Å². The lowest BCUT2D eigenvalue weighted by Gasteiger charge is -2.30. The third-order valence-corrected chi connectivity index (χ3v) is 3.97. The van der Waals surface area contributed by atoms with Crippen LogP contribution in [0.2, 0.25) is 0 Å². The first-order valence-electron chi connectivity index (χ1n) is 6.28. The zero-order valence-electron chi connectivity index (χ0n) is 10.6. The quantitative estimate of drug-likeness (QED) is 0.839. The number of nitrogens with zero attached hydrogens (tertiary/aromatic N) is 2. The Kier molecular flexibility index (Phi) is 4.54. The molecule has 0 saturated carbocycles. The molecule has 0 unspecified atom stereocenters. The first-order valence-corrected chi connectivity index (χ1v) is 7.10. The molecule has 0 aliphatic carbocycles. The zero-order valence-corrected chi connectivity index (χ0v) is 11.4. The first kappa shape index (κ1) is 13.3. The predicted molar refractivity (Wildman–Crippen MR) is 71.2 cm³/mol. The number of nitrogens with two attached hydrogens (primary N) is 1. The summed E-state index contributed by atoms with van der Waals surface area (Å²) in [6.45, 7) is 5.06. The molecular formula is C12H19N3O2S. The van der Waals surface area contributed by atoms with E-state index >= 15 is 0 Å². The third-order valence-electron chi connectivity index (χ3n) is 3.16. The standard InChI is InChI=1S/C12H19N3O2S/c1-2-17-11(16)9-3-5-15(6-4-9)8-10-7-14-12(13)18-10/h7,9H,2-6,8H2,1H3,(H2,13,14). The molecule has 2 rings (SSSR count). The number of rotatable bonds is 4. The van der Waals surface area contributed by atoms with E-state index in [1.165, 1.54) is 16.2 Å². The Labute approximate surface area is 111 Å². The average Bonchev–Trinajstić information content (AvgIpc) is 2.76. The van der Waals surface area contributed by atoms with Crippen LogP contribution in [0.25, 0.3) is 0 Å². The number of carbonyl (C=O) groups is 1. The van der Waals surface area contributed by atoms with Gasteiger partial charge in [-0.1, -0.05) is 0 Å². The van der Waals surface area contributed by atoms with Crippen LogP contribution < -0.4 is 5.73 Å². The molecule has 6 heteroatoms. The first-order chi connectivity index (χ1) is 8.69. The van der Waals surface area contributed by atoms with Crippen molar-refractivity contribution in [3.8, 4) is 0 Å². The molecule has 2 N–H and O–H groups in total. The minimum Gasteiger partial charge on any atom is -0.466 e. The van der Waals surface area contributed by atoms with Crippen LogP contribution in [0.15, 0.2) is 6.20 Å². The number of anilines is 1. The maximum absolute atomic E-state index is 11.6. The van der Waals surface area contributed by atoms with E-state index in [0.717, 1.165) is 32.5 Å². The Hall–Kier alpha value is -1.14. The molecule has 0 atom stereocenters. The molecule has 100 valence electrons. The van der Waals surface area contributed by atoms with Crippen molar-refractivity contribution in [2.45, 2.75) is 26.3 Å². The lowest BCUT2D eigenvalue weighted by molar-refractivity contribution is -0.149. The van der Waals surface area contributed by atoms with Crippen LogP contribution in [0.3, 0.4) is 0 Å². The van der Waals surface area contributed by atoms with E-state index in [0.29, 0.717) is 11.7 Å². The fourth-order valence-electron chi connectivity index (χ4n) is 2.20. The molecule has 1 aromatic heterocycles. The highest BCUT2D eigenvalue weighted by atomic mass is 32.1. The number of hydrogen-bond acceptors (Lipinski definition) is 6. The summed E-state index contributed by atoms with van der Waals surface area (Å²) in [4.78, 5) is 19.2. The number of ether oxygens (including phenoxy) is 1. The fourth-order valence-corrected chi connectivity index (χ4v) is 2.93. The number of nitrogen functional groups attached to an aromatic ring is 1. The minimum atomic E-state index is -0.0424.